The van der Waals surface area contributed by atoms with Gasteiger partial charge in [0.1, 0.15) is 5.82 Å². The van der Waals surface area contributed by atoms with E-state index in [1.165, 1.54) is 0 Å². The average Bonchev–Trinajstić information content (AvgIpc) is 2.54. The molecule has 0 aliphatic carbocycles. The summed E-state index contributed by atoms with van der Waals surface area (Å²) in [4.78, 5) is 13.9. The molecular formula is C17H18N4. The summed E-state index contributed by atoms with van der Waals surface area (Å²) in [6.07, 6.45) is 2.69. The monoisotopic (exact) mass is 278 g/mol. The van der Waals surface area contributed by atoms with Gasteiger partial charge >= 0.3 is 0 Å². The number of hydrogen-bond acceptors (Lipinski definition) is 4. The summed E-state index contributed by atoms with van der Waals surface area (Å²) in [6, 6.07) is 10.1. The van der Waals surface area contributed by atoms with Crippen molar-refractivity contribution in [2.45, 2.75) is 20.3 Å². The molecule has 1 aromatic carbocycles. The fraction of sp³-hybridized carbons (Fsp3) is 0.235. The lowest BCUT2D eigenvalue weighted by Gasteiger charge is -2.12. The summed E-state index contributed by atoms with van der Waals surface area (Å²) < 4.78 is 0. The van der Waals surface area contributed by atoms with Gasteiger partial charge in [-0.2, -0.15) is 0 Å². The van der Waals surface area contributed by atoms with Crippen LogP contribution in [0.5, 0.6) is 0 Å². The molecule has 0 atom stereocenters. The van der Waals surface area contributed by atoms with Gasteiger partial charge in [-0.05, 0) is 25.5 Å². The van der Waals surface area contributed by atoms with Crippen molar-refractivity contribution in [2.24, 2.45) is 0 Å². The van der Waals surface area contributed by atoms with Crippen molar-refractivity contribution in [3.63, 3.8) is 0 Å². The van der Waals surface area contributed by atoms with Gasteiger partial charge in [0.2, 0.25) is 0 Å². The first-order chi connectivity index (χ1) is 10.2. The van der Waals surface area contributed by atoms with Gasteiger partial charge in [-0.15, -0.1) is 0 Å². The Morgan fingerprint density at radius 1 is 1.10 bits per heavy atom. The van der Waals surface area contributed by atoms with E-state index in [1.807, 2.05) is 25.2 Å². The minimum Gasteiger partial charge on any atom is -0.373 e. The number of pyridine rings is 1. The van der Waals surface area contributed by atoms with E-state index in [4.69, 9.17) is 4.98 Å². The minimum absolute atomic E-state index is 0.728. The van der Waals surface area contributed by atoms with Crippen LogP contribution < -0.4 is 5.32 Å². The van der Waals surface area contributed by atoms with E-state index in [1.54, 1.807) is 6.20 Å². The van der Waals surface area contributed by atoms with Crippen LogP contribution in [-0.2, 0) is 6.42 Å². The number of para-hydroxylation sites is 1. The molecule has 1 N–H and O–H groups in total. The molecule has 106 valence electrons. The highest BCUT2D eigenvalue weighted by Crippen LogP contribution is 2.27. The normalized spacial score (nSPS) is 10.8. The first-order valence-electron chi connectivity index (χ1n) is 7.14. The topological polar surface area (TPSA) is 50.7 Å². The summed E-state index contributed by atoms with van der Waals surface area (Å²) in [5, 5.41) is 4.26. The molecule has 4 heteroatoms. The Morgan fingerprint density at radius 3 is 2.67 bits per heavy atom. The van der Waals surface area contributed by atoms with Crippen LogP contribution in [0.1, 0.15) is 18.2 Å². The van der Waals surface area contributed by atoms with Crippen molar-refractivity contribution >= 4 is 16.7 Å². The van der Waals surface area contributed by atoms with Crippen molar-refractivity contribution in [3.05, 3.63) is 47.8 Å². The van der Waals surface area contributed by atoms with E-state index >= 15 is 0 Å². The van der Waals surface area contributed by atoms with Crippen molar-refractivity contribution < 1.29 is 0 Å². The second kappa shape index (κ2) is 5.48. The molecule has 0 saturated carbocycles. The van der Waals surface area contributed by atoms with Crippen LogP contribution in [0.3, 0.4) is 0 Å². The first kappa shape index (κ1) is 13.5. The Labute approximate surface area is 124 Å². The van der Waals surface area contributed by atoms with Crippen LogP contribution in [0.2, 0.25) is 0 Å². The molecule has 0 unspecified atom stereocenters. The molecule has 0 saturated heterocycles. The van der Waals surface area contributed by atoms with Crippen LogP contribution in [0, 0.1) is 6.92 Å². The minimum atomic E-state index is 0.728. The second-order valence-corrected chi connectivity index (χ2v) is 4.95. The Bertz CT molecular complexity index is 765. The van der Waals surface area contributed by atoms with E-state index in [-0.39, 0.29) is 0 Å². The maximum absolute atomic E-state index is 4.73. The van der Waals surface area contributed by atoms with Gasteiger partial charge in [-0.1, -0.05) is 25.1 Å². The highest BCUT2D eigenvalue weighted by Gasteiger charge is 2.12. The molecule has 0 amide bonds. The van der Waals surface area contributed by atoms with Gasteiger partial charge < -0.3 is 5.32 Å². The van der Waals surface area contributed by atoms with E-state index in [0.29, 0.717) is 0 Å². The van der Waals surface area contributed by atoms with Crippen molar-refractivity contribution in [1.82, 2.24) is 15.0 Å². The Kier molecular flexibility index (Phi) is 3.52. The van der Waals surface area contributed by atoms with E-state index in [9.17, 15) is 0 Å². The molecule has 2 aromatic heterocycles. The van der Waals surface area contributed by atoms with Crippen molar-refractivity contribution in [3.8, 4) is 11.4 Å². The molecule has 0 radical (unpaired) electrons. The molecule has 0 aliphatic rings. The fourth-order valence-electron chi connectivity index (χ4n) is 2.56. The predicted molar refractivity (Wildman–Crippen MR) is 86.4 cm³/mol. The highest BCUT2D eigenvalue weighted by atomic mass is 15.0. The number of hydrogen-bond donors (Lipinski definition) is 1. The lowest BCUT2D eigenvalue weighted by molar-refractivity contribution is 0.978. The molecular weight excluding hydrogens is 260 g/mol. The standard InChI is InChI=1S/C17H18N4/c1-4-14-11(2)16(18-3)21-17(20-14)13-9-5-7-12-8-6-10-19-15(12)13/h5-10H,4H2,1-3H3,(H,18,20,21). The molecule has 4 nitrogen and oxygen atoms in total. The van der Waals surface area contributed by atoms with Gasteiger partial charge in [0.15, 0.2) is 5.82 Å². The molecule has 0 bridgehead atoms. The Balaban J connectivity index is 2.28. The number of benzene rings is 1. The zero-order valence-corrected chi connectivity index (χ0v) is 12.5. The van der Waals surface area contributed by atoms with Gasteiger partial charge in [0.25, 0.3) is 0 Å². The van der Waals surface area contributed by atoms with Gasteiger partial charge in [-0.3, -0.25) is 4.98 Å². The number of nitrogens with zero attached hydrogens (tertiary/aromatic N) is 3. The first-order valence-corrected chi connectivity index (χ1v) is 7.14. The largest absolute Gasteiger partial charge is 0.373 e. The molecule has 3 aromatic rings. The average molecular weight is 278 g/mol. The summed E-state index contributed by atoms with van der Waals surface area (Å²) in [5.74, 6) is 1.61. The third-order valence-corrected chi connectivity index (χ3v) is 3.69. The zero-order valence-electron chi connectivity index (χ0n) is 12.5. The molecule has 2 heterocycles. The van der Waals surface area contributed by atoms with Gasteiger partial charge in [0.05, 0.1) is 5.52 Å². The third kappa shape index (κ3) is 2.33. The van der Waals surface area contributed by atoms with E-state index < -0.39 is 0 Å². The molecule has 21 heavy (non-hydrogen) atoms. The zero-order chi connectivity index (χ0) is 14.8. The van der Waals surface area contributed by atoms with E-state index in [2.05, 4.69) is 41.3 Å². The van der Waals surface area contributed by atoms with Gasteiger partial charge in [-0.25, -0.2) is 9.97 Å². The van der Waals surface area contributed by atoms with E-state index in [0.717, 1.165) is 45.8 Å². The SMILES string of the molecule is CCc1nc(-c2cccc3cccnc23)nc(NC)c1C. The number of aromatic nitrogens is 3. The maximum atomic E-state index is 4.73. The lowest BCUT2D eigenvalue weighted by Crippen LogP contribution is -2.05. The van der Waals surface area contributed by atoms with Crippen LogP contribution in [0.4, 0.5) is 5.82 Å². The summed E-state index contributed by atoms with van der Waals surface area (Å²) in [6.45, 7) is 4.16. The van der Waals surface area contributed by atoms with Crippen LogP contribution in [0.25, 0.3) is 22.3 Å². The summed E-state index contributed by atoms with van der Waals surface area (Å²) >= 11 is 0. The number of nitrogens with one attached hydrogen (secondary N) is 1. The van der Waals surface area contributed by atoms with Crippen LogP contribution in [0.15, 0.2) is 36.5 Å². The second-order valence-electron chi connectivity index (χ2n) is 4.95. The Hall–Kier alpha value is -2.49. The summed E-state index contributed by atoms with van der Waals surface area (Å²) in [5.41, 5.74) is 4.08. The van der Waals surface area contributed by atoms with Crippen LogP contribution in [-0.4, -0.2) is 22.0 Å². The third-order valence-electron chi connectivity index (χ3n) is 3.69. The fourth-order valence-corrected chi connectivity index (χ4v) is 2.56. The highest BCUT2D eigenvalue weighted by molar-refractivity contribution is 5.91. The number of aryl methyl sites for hydroxylation is 1. The smallest absolute Gasteiger partial charge is 0.163 e. The molecule has 0 fully saturated rings. The number of fused-ring (bicyclic) bond motifs is 1. The quantitative estimate of drug-likeness (QED) is 0.795. The van der Waals surface area contributed by atoms with Gasteiger partial charge in [0, 0.05) is 35.5 Å². The predicted octanol–water partition coefficient (Wildman–Crippen LogP) is 3.60. The van der Waals surface area contributed by atoms with Crippen molar-refractivity contribution in [2.75, 3.05) is 12.4 Å². The Morgan fingerprint density at radius 2 is 1.90 bits per heavy atom. The molecule has 0 aliphatic heterocycles. The summed E-state index contributed by atoms with van der Waals surface area (Å²) in [7, 11) is 1.89. The maximum Gasteiger partial charge on any atom is 0.163 e. The molecule has 3 rings (SSSR count). The van der Waals surface area contributed by atoms with Crippen LogP contribution >= 0.6 is 0 Å². The number of anilines is 1. The number of rotatable bonds is 3. The van der Waals surface area contributed by atoms with Crippen molar-refractivity contribution in [1.29, 1.82) is 0 Å². The molecule has 0 spiro atoms. The lowest BCUT2D eigenvalue weighted by atomic mass is 10.1.